The summed E-state index contributed by atoms with van der Waals surface area (Å²) in [7, 11) is 0. The van der Waals surface area contributed by atoms with Gasteiger partial charge in [0.05, 0.1) is 13.2 Å². The first-order valence-corrected chi connectivity index (χ1v) is 13.2. The fraction of sp³-hybridized carbons (Fsp3) is 0.241. The molecular formula is C29H26ClN7O. The molecule has 190 valence electrons. The summed E-state index contributed by atoms with van der Waals surface area (Å²) in [4.78, 5) is 27.2. The number of H-pyrrole nitrogens is 1. The van der Waals surface area contributed by atoms with E-state index in [1.165, 1.54) is 5.56 Å². The van der Waals surface area contributed by atoms with Gasteiger partial charge in [0.15, 0.2) is 0 Å². The Kier molecular flexibility index (Phi) is 5.91. The number of halogens is 1. The molecule has 1 atom stereocenters. The highest BCUT2D eigenvalue weighted by atomic mass is 35.5. The van der Waals surface area contributed by atoms with E-state index in [0.29, 0.717) is 19.2 Å². The maximum atomic E-state index is 6.37. The molecule has 5 heterocycles. The van der Waals surface area contributed by atoms with Gasteiger partial charge in [-0.3, -0.25) is 0 Å². The van der Waals surface area contributed by atoms with Crippen LogP contribution in [0.4, 0.5) is 11.9 Å². The number of fused-ring (bicyclic) bond motifs is 3. The molecule has 2 aliphatic rings. The second kappa shape index (κ2) is 9.70. The molecule has 0 bridgehead atoms. The van der Waals surface area contributed by atoms with Gasteiger partial charge in [-0.05, 0) is 35.7 Å². The second-order valence-corrected chi connectivity index (χ2v) is 10.0. The second-order valence-electron chi connectivity index (χ2n) is 9.61. The average Bonchev–Trinajstić information content (AvgIpc) is 3.35. The summed E-state index contributed by atoms with van der Waals surface area (Å²) in [5.41, 5.74) is 6.50. The zero-order chi connectivity index (χ0) is 25.5. The van der Waals surface area contributed by atoms with Gasteiger partial charge in [0.2, 0.25) is 11.9 Å². The number of ether oxygens (including phenoxy) is 1. The Hall–Kier alpha value is -4.01. The van der Waals surface area contributed by atoms with E-state index in [2.05, 4.69) is 26.9 Å². The fourth-order valence-corrected chi connectivity index (χ4v) is 5.64. The van der Waals surface area contributed by atoms with Crippen molar-refractivity contribution in [2.24, 2.45) is 0 Å². The third-order valence-electron chi connectivity index (χ3n) is 7.36. The van der Waals surface area contributed by atoms with Crippen molar-refractivity contribution in [3.63, 3.8) is 0 Å². The third kappa shape index (κ3) is 4.15. The van der Waals surface area contributed by atoms with Crippen molar-refractivity contribution in [3.8, 4) is 11.1 Å². The van der Waals surface area contributed by atoms with Crippen molar-refractivity contribution in [2.45, 2.75) is 12.5 Å². The van der Waals surface area contributed by atoms with E-state index in [9.17, 15) is 0 Å². The number of aromatic nitrogens is 5. The van der Waals surface area contributed by atoms with Crippen molar-refractivity contribution in [1.29, 1.82) is 0 Å². The molecule has 38 heavy (non-hydrogen) atoms. The van der Waals surface area contributed by atoms with Crippen LogP contribution in [0.1, 0.15) is 22.9 Å². The number of aromatic amines is 1. The van der Waals surface area contributed by atoms with Crippen LogP contribution >= 0.6 is 11.6 Å². The van der Waals surface area contributed by atoms with Crippen LogP contribution in [0.15, 0.2) is 73.3 Å². The molecule has 0 saturated carbocycles. The van der Waals surface area contributed by atoms with Crippen molar-refractivity contribution < 1.29 is 4.74 Å². The van der Waals surface area contributed by atoms with Gasteiger partial charge >= 0.3 is 0 Å². The molecule has 1 N–H and O–H groups in total. The lowest BCUT2D eigenvalue weighted by atomic mass is 9.94. The van der Waals surface area contributed by atoms with Gasteiger partial charge in [0.1, 0.15) is 6.04 Å². The van der Waals surface area contributed by atoms with Crippen molar-refractivity contribution >= 4 is 34.4 Å². The summed E-state index contributed by atoms with van der Waals surface area (Å²) in [6, 6.07) is 16.0. The summed E-state index contributed by atoms with van der Waals surface area (Å²) < 4.78 is 5.48. The molecule has 2 aromatic carbocycles. The Morgan fingerprint density at radius 3 is 2.32 bits per heavy atom. The maximum Gasteiger partial charge on any atom is 0.226 e. The van der Waals surface area contributed by atoms with Crippen LogP contribution in [-0.2, 0) is 11.2 Å². The van der Waals surface area contributed by atoms with Gasteiger partial charge in [0.25, 0.3) is 0 Å². The summed E-state index contributed by atoms with van der Waals surface area (Å²) in [6.45, 7) is 3.73. The first-order valence-electron chi connectivity index (χ1n) is 12.8. The molecule has 0 aliphatic carbocycles. The highest BCUT2D eigenvalue weighted by molar-refractivity contribution is 6.31. The minimum Gasteiger partial charge on any atom is -0.378 e. The predicted molar refractivity (Wildman–Crippen MR) is 149 cm³/mol. The zero-order valence-corrected chi connectivity index (χ0v) is 21.5. The molecular weight excluding hydrogens is 498 g/mol. The summed E-state index contributed by atoms with van der Waals surface area (Å²) in [5, 5.41) is 1.89. The van der Waals surface area contributed by atoms with Crippen molar-refractivity contribution in [2.75, 3.05) is 42.6 Å². The lowest BCUT2D eigenvalue weighted by Crippen LogP contribution is -2.38. The van der Waals surface area contributed by atoms with Crippen LogP contribution in [0.3, 0.4) is 0 Å². The molecule has 0 unspecified atom stereocenters. The molecule has 7 rings (SSSR count). The van der Waals surface area contributed by atoms with E-state index in [-0.39, 0.29) is 6.04 Å². The van der Waals surface area contributed by atoms with Crippen LogP contribution in [0.2, 0.25) is 5.02 Å². The van der Waals surface area contributed by atoms with E-state index in [1.807, 2.05) is 61.2 Å². The fourth-order valence-electron chi connectivity index (χ4n) is 5.47. The number of nitrogens with one attached hydrogen (secondary N) is 1. The van der Waals surface area contributed by atoms with Crippen molar-refractivity contribution in [3.05, 3.63) is 95.2 Å². The molecule has 1 saturated heterocycles. The number of anilines is 2. The molecule has 2 aliphatic heterocycles. The average molecular weight is 524 g/mol. The van der Waals surface area contributed by atoms with Crippen LogP contribution in [0.5, 0.6) is 0 Å². The molecule has 0 radical (unpaired) electrons. The largest absolute Gasteiger partial charge is 0.378 e. The Morgan fingerprint density at radius 2 is 1.55 bits per heavy atom. The molecule has 0 amide bonds. The van der Waals surface area contributed by atoms with Crippen LogP contribution in [0, 0.1) is 0 Å². The molecule has 8 nitrogen and oxygen atoms in total. The number of hydrogen-bond acceptors (Lipinski definition) is 7. The Labute approximate surface area is 225 Å². The zero-order valence-electron chi connectivity index (χ0n) is 20.7. The van der Waals surface area contributed by atoms with Crippen molar-refractivity contribution in [1.82, 2.24) is 24.9 Å². The monoisotopic (exact) mass is 523 g/mol. The number of benzene rings is 2. The minimum atomic E-state index is -0.161. The summed E-state index contributed by atoms with van der Waals surface area (Å²) >= 11 is 6.37. The molecule has 9 heteroatoms. The number of nitrogens with zero attached hydrogens (tertiary/aromatic N) is 6. The Morgan fingerprint density at radius 1 is 0.816 bits per heavy atom. The van der Waals surface area contributed by atoms with Crippen LogP contribution in [-0.4, -0.2) is 57.8 Å². The lowest BCUT2D eigenvalue weighted by Gasteiger charge is -2.36. The first kappa shape index (κ1) is 23.1. The lowest BCUT2D eigenvalue weighted by molar-refractivity contribution is 0.122. The normalized spacial score (nSPS) is 17.6. The topological polar surface area (TPSA) is 83.1 Å². The molecule has 5 aromatic rings. The number of hydrogen-bond donors (Lipinski definition) is 1. The first-order chi connectivity index (χ1) is 18.7. The Balaban J connectivity index is 1.29. The van der Waals surface area contributed by atoms with E-state index >= 15 is 0 Å². The smallest absolute Gasteiger partial charge is 0.226 e. The highest BCUT2D eigenvalue weighted by Crippen LogP contribution is 2.40. The number of morpholine rings is 1. The van der Waals surface area contributed by atoms with Gasteiger partial charge in [-0.15, -0.1) is 0 Å². The summed E-state index contributed by atoms with van der Waals surface area (Å²) in [6.07, 6.45) is 8.51. The SMILES string of the molecule is Clc1ccc2[nH]c3c(c2c1)CCN(c1ncc(-c2ccccc2)cn1)[C@H]3c1cnc(N2CCOCC2)nc1. The maximum absolute atomic E-state index is 6.37. The van der Waals surface area contributed by atoms with Gasteiger partial charge in [-0.1, -0.05) is 41.9 Å². The molecule has 3 aromatic heterocycles. The number of rotatable bonds is 4. The van der Waals surface area contributed by atoms with E-state index in [1.54, 1.807) is 0 Å². The quantitative estimate of drug-likeness (QED) is 0.352. The summed E-state index contributed by atoms with van der Waals surface area (Å²) in [5.74, 6) is 1.40. The third-order valence-corrected chi connectivity index (χ3v) is 7.59. The van der Waals surface area contributed by atoms with Crippen LogP contribution in [0.25, 0.3) is 22.0 Å². The van der Waals surface area contributed by atoms with Gasteiger partial charge in [-0.2, -0.15) is 0 Å². The van der Waals surface area contributed by atoms with E-state index in [0.717, 1.165) is 70.3 Å². The standard InChI is InChI=1S/C29H26ClN7O/c30-22-6-7-25-24(14-22)23-8-9-37(29-33-15-20(16-34-29)19-4-2-1-3-5-19)27(26(23)35-25)21-17-31-28(32-18-21)36-10-12-38-13-11-36/h1-7,14-18,27,35H,8-13H2/t27-/m0/s1. The minimum absolute atomic E-state index is 0.161. The van der Waals surface area contributed by atoms with E-state index < -0.39 is 0 Å². The Bertz CT molecular complexity index is 1570. The molecule has 0 spiro atoms. The highest BCUT2D eigenvalue weighted by Gasteiger charge is 2.34. The predicted octanol–water partition coefficient (Wildman–Crippen LogP) is 5.06. The van der Waals surface area contributed by atoms with Gasteiger partial charge in [-0.25, -0.2) is 19.9 Å². The van der Waals surface area contributed by atoms with Gasteiger partial charge < -0.3 is 19.5 Å². The van der Waals surface area contributed by atoms with Gasteiger partial charge in [0, 0.05) is 77.2 Å². The molecule has 1 fully saturated rings. The van der Waals surface area contributed by atoms with E-state index in [4.69, 9.17) is 36.3 Å². The van der Waals surface area contributed by atoms with Crippen LogP contribution < -0.4 is 9.80 Å².